The van der Waals surface area contributed by atoms with E-state index in [0.29, 0.717) is 18.5 Å². The molecule has 0 heterocycles. The molecule has 0 spiro atoms. The average Bonchev–Trinajstić information content (AvgIpc) is 2.07. The van der Waals surface area contributed by atoms with Gasteiger partial charge in [0.05, 0.1) is 5.75 Å². The second kappa shape index (κ2) is 6.75. The molecule has 1 aromatic carbocycles. The molecule has 4 nitrogen and oxygen atoms in total. The number of hydrogen-bond donors (Lipinski definition) is 2. The third-order valence-electron chi connectivity index (χ3n) is 2.55. The van der Waals surface area contributed by atoms with Crippen molar-refractivity contribution < 1.29 is 44.0 Å². The van der Waals surface area contributed by atoms with Gasteiger partial charge in [-0.25, -0.2) is 0 Å². The van der Waals surface area contributed by atoms with Crippen molar-refractivity contribution in [2.24, 2.45) is 0 Å². The molecule has 1 rings (SSSR count). The van der Waals surface area contributed by atoms with Crippen molar-refractivity contribution in [2.75, 3.05) is 11.5 Å². The van der Waals surface area contributed by atoms with Crippen molar-refractivity contribution in [3.63, 3.8) is 0 Å². The van der Waals surface area contributed by atoms with E-state index in [2.05, 4.69) is 0 Å². The number of rotatable bonds is 4. The number of nitrogens with two attached hydrogens (primary N) is 1. The van der Waals surface area contributed by atoms with Gasteiger partial charge in [-0.05, 0) is 55.5 Å². The van der Waals surface area contributed by atoms with Gasteiger partial charge in [0, 0.05) is 5.69 Å². The maximum Gasteiger partial charge on any atom is 1.00 e. The average molecular weight is 267 g/mol. The van der Waals surface area contributed by atoms with Gasteiger partial charge in [0.15, 0.2) is 0 Å². The summed E-state index contributed by atoms with van der Waals surface area (Å²) in [5, 5.41) is 0. The van der Waals surface area contributed by atoms with E-state index in [4.69, 9.17) is 10.3 Å². The summed E-state index contributed by atoms with van der Waals surface area (Å²) in [6, 6.07) is 3.74. The molecular weight excluding hydrogens is 249 g/mol. The first kappa shape index (κ1) is 16.9. The largest absolute Gasteiger partial charge is 1.00 e. The van der Waals surface area contributed by atoms with E-state index in [0.717, 1.165) is 16.7 Å². The summed E-state index contributed by atoms with van der Waals surface area (Å²) >= 11 is 0. The first-order chi connectivity index (χ1) is 7.29. The second-order valence-electron chi connectivity index (χ2n) is 4.02. The van der Waals surface area contributed by atoms with Crippen LogP contribution in [0, 0.1) is 13.8 Å². The number of anilines is 1. The zero-order chi connectivity index (χ0) is 12.3. The molecule has 0 aliphatic carbocycles. The second-order valence-corrected chi connectivity index (χ2v) is 5.59. The Hall–Kier alpha value is -0.0700. The van der Waals surface area contributed by atoms with Crippen LogP contribution >= 0.6 is 0 Å². The van der Waals surface area contributed by atoms with E-state index >= 15 is 0 Å². The normalized spacial score (nSPS) is 11.0. The number of aryl methyl sites for hydroxylation is 2. The van der Waals surface area contributed by atoms with E-state index in [1.807, 2.05) is 26.0 Å². The van der Waals surface area contributed by atoms with Gasteiger partial charge < -0.3 is 7.16 Å². The zero-order valence-corrected chi connectivity index (χ0v) is 13.3. The Balaban J connectivity index is 0. The zero-order valence-electron chi connectivity index (χ0n) is 11.5. The van der Waals surface area contributed by atoms with E-state index < -0.39 is 10.1 Å². The molecule has 0 unspecified atom stereocenters. The van der Waals surface area contributed by atoms with Crippen molar-refractivity contribution in [3.05, 3.63) is 28.8 Å². The summed E-state index contributed by atoms with van der Waals surface area (Å²) in [4.78, 5) is 0. The molecule has 0 aliphatic rings. The smallest absolute Gasteiger partial charge is 1.00 e. The van der Waals surface area contributed by atoms with Crippen LogP contribution in [-0.2, 0) is 16.5 Å². The predicted octanol–water partition coefficient (Wildman–Crippen LogP) is -1.18. The van der Waals surface area contributed by atoms with Gasteiger partial charge in [-0.15, -0.1) is 0 Å². The maximum absolute atomic E-state index is 10.6. The summed E-state index contributed by atoms with van der Waals surface area (Å²) in [5.41, 5.74) is 9.64. The Morgan fingerprint density at radius 3 is 2.18 bits per heavy atom. The summed E-state index contributed by atoms with van der Waals surface area (Å²) in [6.07, 6.45) is 1.06. The number of benzene rings is 1. The molecule has 17 heavy (non-hydrogen) atoms. The molecule has 3 N–H and O–H groups in total. The third kappa shape index (κ3) is 5.88. The fourth-order valence-electron chi connectivity index (χ4n) is 1.85. The van der Waals surface area contributed by atoms with Crippen LogP contribution in [0.15, 0.2) is 12.1 Å². The van der Waals surface area contributed by atoms with Crippen molar-refractivity contribution >= 4 is 15.8 Å². The van der Waals surface area contributed by atoms with Crippen LogP contribution in [0.4, 0.5) is 5.69 Å². The third-order valence-corrected chi connectivity index (χ3v) is 3.35. The molecule has 92 valence electrons. The molecule has 6 heteroatoms. The molecule has 0 saturated heterocycles. The van der Waals surface area contributed by atoms with Gasteiger partial charge in [-0.1, -0.05) is 0 Å². The quantitative estimate of drug-likeness (QED) is 0.409. The minimum absolute atomic E-state index is 0. The fraction of sp³-hybridized carbons (Fsp3) is 0.455. The molecule has 0 aromatic heterocycles. The molecule has 0 bridgehead atoms. The minimum Gasteiger partial charge on any atom is -1.00 e. The summed E-state index contributed by atoms with van der Waals surface area (Å²) in [7, 11) is -3.85. The van der Waals surface area contributed by atoms with Crippen LogP contribution in [0.1, 0.15) is 24.5 Å². The monoisotopic (exact) mass is 267 g/mol. The van der Waals surface area contributed by atoms with Crippen molar-refractivity contribution in [1.82, 2.24) is 0 Å². The fourth-order valence-corrected chi connectivity index (χ4v) is 2.36. The van der Waals surface area contributed by atoms with Crippen LogP contribution < -0.4 is 35.3 Å². The van der Waals surface area contributed by atoms with E-state index in [-0.39, 0.29) is 36.7 Å². The van der Waals surface area contributed by atoms with Crippen molar-refractivity contribution in [2.45, 2.75) is 26.7 Å². The Morgan fingerprint density at radius 2 is 1.76 bits per heavy atom. The van der Waals surface area contributed by atoms with Crippen LogP contribution in [0.3, 0.4) is 0 Å². The Morgan fingerprint density at radius 1 is 1.29 bits per heavy atom. The van der Waals surface area contributed by atoms with Crippen molar-refractivity contribution in [1.29, 1.82) is 0 Å². The maximum atomic E-state index is 10.6. The van der Waals surface area contributed by atoms with Crippen LogP contribution in [0.25, 0.3) is 0 Å². The first-order valence-electron chi connectivity index (χ1n) is 5.10. The van der Waals surface area contributed by atoms with E-state index in [1.54, 1.807) is 0 Å². The van der Waals surface area contributed by atoms with Gasteiger partial charge in [-0.3, -0.25) is 4.55 Å². The molecule has 0 atom stereocenters. The molecule has 0 amide bonds. The first-order valence-corrected chi connectivity index (χ1v) is 6.71. The molecule has 0 saturated carbocycles. The van der Waals surface area contributed by atoms with Crippen LogP contribution in [0.5, 0.6) is 0 Å². The standard InChI is InChI=1S/C11H17NO3S.Na.H/c1-8-6-10(12)7-9(2)11(8)4-3-5-16(13,14)15;;/h6-7H,3-5,12H2,1-2H3,(H,13,14,15);;/q;+1;-1. The summed E-state index contributed by atoms with van der Waals surface area (Å²) in [6.45, 7) is 3.90. The van der Waals surface area contributed by atoms with Gasteiger partial charge in [0.2, 0.25) is 0 Å². The molecule has 0 aliphatic heterocycles. The van der Waals surface area contributed by atoms with E-state index in [1.165, 1.54) is 0 Å². The van der Waals surface area contributed by atoms with Gasteiger partial charge in [0.25, 0.3) is 10.1 Å². The minimum atomic E-state index is -3.85. The van der Waals surface area contributed by atoms with Crippen molar-refractivity contribution in [3.8, 4) is 0 Å². The van der Waals surface area contributed by atoms with Crippen LogP contribution in [0.2, 0.25) is 0 Å². The molecule has 0 fully saturated rings. The summed E-state index contributed by atoms with van der Waals surface area (Å²) in [5.74, 6) is -0.198. The SMILES string of the molecule is Cc1cc(N)cc(C)c1CCCS(=O)(=O)O.[H-].[Na+]. The molecular formula is C11H18NNaO3S. The number of nitrogen functional groups attached to an aromatic ring is 1. The topological polar surface area (TPSA) is 80.4 Å². The molecule has 0 radical (unpaired) electrons. The number of hydrogen-bond acceptors (Lipinski definition) is 3. The van der Waals surface area contributed by atoms with E-state index in [9.17, 15) is 8.42 Å². The van der Waals surface area contributed by atoms with Gasteiger partial charge in [-0.2, -0.15) is 8.42 Å². The van der Waals surface area contributed by atoms with Crippen LogP contribution in [-0.4, -0.2) is 18.7 Å². The Kier molecular flexibility index (Phi) is 6.73. The summed E-state index contributed by atoms with van der Waals surface area (Å²) < 4.78 is 29.8. The van der Waals surface area contributed by atoms with Gasteiger partial charge >= 0.3 is 29.6 Å². The Labute approximate surface area is 126 Å². The Bertz CT molecular complexity index is 468. The van der Waals surface area contributed by atoms with Gasteiger partial charge in [0.1, 0.15) is 0 Å². The predicted molar refractivity (Wildman–Crippen MR) is 66.2 cm³/mol. The molecule has 1 aromatic rings.